The fraction of sp³-hybridized carbons (Fsp3) is 0.250. The molecule has 1 aromatic heterocycles. The van der Waals surface area contributed by atoms with Crippen molar-refractivity contribution in [2.24, 2.45) is 7.05 Å². The molecule has 0 aliphatic carbocycles. The van der Waals surface area contributed by atoms with Crippen molar-refractivity contribution >= 4 is 29.2 Å². The third-order valence-corrected chi connectivity index (χ3v) is 2.79. The third-order valence-electron chi connectivity index (χ3n) is 2.59. The molecule has 0 unspecified atom stereocenters. The number of benzene rings is 1. The molecule has 2 N–H and O–H groups in total. The summed E-state index contributed by atoms with van der Waals surface area (Å²) in [6.45, 7) is 2.06. The first-order chi connectivity index (χ1) is 9.58. The number of aryl methyl sites for hydroxylation is 2. The second kappa shape index (κ2) is 6.20. The van der Waals surface area contributed by atoms with Gasteiger partial charge in [-0.05, 0) is 41.5 Å². The lowest BCUT2D eigenvalue weighted by atomic mass is 10.1. The van der Waals surface area contributed by atoms with Gasteiger partial charge < -0.3 is 0 Å². The molecule has 0 saturated heterocycles. The second-order valence-electron chi connectivity index (χ2n) is 4.06. The van der Waals surface area contributed by atoms with Gasteiger partial charge in [-0.3, -0.25) is 15.4 Å². The van der Waals surface area contributed by atoms with E-state index in [4.69, 9.17) is 12.2 Å². The van der Waals surface area contributed by atoms with E-state index >= 15 is 0 Å². The molecule has 0 atom stereocenters. The van der Waals surface area contributed by atoms with Crippen molar-refractivity contribution in [3.63, 3.8) is 0 Å². The number of anilines is 1. The Labute approximate surface area is 121 Å². The highest BCUT2D eigenvalue weighted by molar-refractivity contribution is 7.80. The number of hydrogen-bond donors (Lipinski definition) is 2. The number of rotatable bonds is 3. The molecule has 2 aromatic rings. The number of hydrogen-bond acceptors (Lipinski definition) is 5. The molecule has 8 heteroatoms. The van der Waals surface area contributed by atoms with Gasteiger partial charge in [0.15, 0.2) is 5.11 Å². The standard InChI is InChI=1S/C12H14N6OS/c1-3-8-4-6-9(7-5-8)10(19)13-12(20)14-11-15-17-18(2)16-11/h4-7H,3H2,1-2H3,(H2,13,14,16,19,20). The van der Waals surface area contributed by atoms with Gasteiger partial charge in [0, 0.05) is 5.56 Å². The zero-order valence-corrected chi connectivity index (χ0v) is 11.9. The van der Waals surface area contributed by atoms with E-state index in [-0.39, 0.29) is 17.0 Å². The Balaban J connectivity index is 1.94. The minimum absolute atomic E-state index is 0.127. The average molecular weight is 290 g/mol. The molecule has 0 bridgehead atoms. The first kappa shape index (κ1) is 14.1. The lowest BCUT2D eigenvalue weighted by molar-refractivity contribution is 0.0977. The molecular weight excluding hydrogens is 276 g/mol. The van der Waals surface area contributed by atoms with Crippen LogP contribution in [0.5, 0.6) is 0 Å². The highest BCUT2D eigenvalue weighted by atomic mass is 32.1. The van der Waals surface area contributed by atoms with E-state index in [2.05, 4.69) is 33.0 Å². The van der Waals surface area contributed by atoms with Gasteiger partial charge in [-0.25, -0.2) is 0 Å². The smallest absolute Gasteiger partial charge is 0.269 e. The highest BCUT2D eigenvalue weighted by Crippen LogP contribution is 2.05. The molecule has 0 aliphatic rings. The number of carbonyl (C=O) groups excluding carboxylic acids is 1. The molecule has 20 heavy (non-hydrogen) atoms. The van der Waals surface area contributed by atoms with E-state index in [9.17, 15) is 4.79 Å². The van der Waals surface area contributed by atoms with Crippen molar-refractivity contribution in [1.29, 1.82) is 0 Å². The SMILES string of the molecule is CCc1ccc(C(=O)NC(=S)Nc2nnn(C)n2)cc1. The van der Waals surface area contributed by atoms with Gasteiger partial charge in [0.05, 0.1) is 7.05 Å². The van der Waals surface area contributed by atoms with Gasteiger partial charge in [0.2, 0.25) is 0 Å². The molecule has 0 fully saturated rings. The van der Waals surface area contributed by atoms with E-state index in [1.807, 2.05) is 12.1 Å². The average Bonchev–Trinajstić information content (AvgIpc) is 2.84. The van der Waals surface area contributed by atoms with Crippen LogP contribution >= 0.6 is 12.2 Å². The summed E-state index contributed by atoms with van der Waals surface area (Å²) >= 11 is 5.01. The highest BCUT2D eigenvalue weighted by Gasteiger charge is 2.09. The summed E-state index contributed by atoms with van der Waals surface area (Å²) < 4.78 is 0. The van der Waals surface area contributed by atoms with Crippen LogP contribution in [0, 0.1) is 0 Å². The maximum Gasteiger partial charge on any atom is 0.269 e. The monoisotopic (exact) mass is 290 g/mol. The third kappa shape index (κ3) is 3.58. The van der Waals surface area contributed by atoms with Crippen molar-refractivity contribution in [3.8, 4) is 0 Å². The number of carbonyl (C=O) groups is 1. The van der Waals surface area contributed by atoms with Gasteiger partial charge in [-0.2, -0.15) is 4.80 Å². The largest absolute Gasteiger partial charge is 0.299 e. The Bertz CT molecular complexity index is 621. The predicted molar refractivity (Wildman–Crippen MR) is 78.3 cm³/mol. The molecular formula is C12H14N6OS. The first-order valence-electron chi connectivity index (χ1n) is 6.03. The fourth-order valence-electron chi connectivity index (χ4n) is 1.53. The predicted octanol–water partition coefficient (Wildman–Crippen LogP) is 0.899. The van der Waals surface area contributed by atoms with E-state index in [1.54, 1.807) is 19.2 Å². The Morgan fingerprint density at radius 3 is 2.60 bits per heavy atom. The van der Waals surface area contributed by atoms with Crippen LogP contribution in [-0.2, 0) is 13.5 Å². The Morgan fingerprint density at radius 1 is 1.35 bits per heavy atom. The molecule has 0 radical (unpaired) electrons. The van der Waals surface area contributed by atoms with E-state index in [1.165, 1.54) is 10.4 Å². The Kier molecular flexibility index (Phi) is 4.36. The topological polar surface area (TPSA) is 84.7 Å². The number of nitrogens with one attached hydrogen (secondary N) is 2. The maximum absolute atomic E-state index is 11.9. The summed E-state index contributed by atoms with van der Waals surface area (Å²) in [4.78, 5) is 13.2. The summed E-state index contributed by atoms with van der Waals surface area (Å²) in [7, 11) is 1.63. The summed E-state index contributed by atoms with van der Waals surface area (Å²) in [6.07, 6.45) is 0.931. The van der Waals surface area contributed by atoms with Crippen LogP contribution in [0.1, 0.15) is 22.8 Å². The molecule has 104 valence electrons. The molecule has 1 amide bonds. The number of amides is 1. The molecule has 0 saturated carbocycles. The van der Waals surface area contributed by atoms with Crippen LogP contribution in [0.25, 0.3) is 0 Å². The minimum Gasteiger partial charge on any atom is -0.299 e. The van der Waals surface area contributed by atoms with Crippen molar-refractivity contribution in [2.45, 2.75) is 13.3 Å². The van der Waals surface area contributed by atoms with Crippen LogP contribution in [-0.4, -0.2) is 31.2 Å². The van der Waals surface area contributed by atoms with Gasteiger partial charge in [0.1, 0.15) is 0 Å². The van der Waals surface area contributed by atoms with E-state index in [0.29, 0.717) is 5.56 Å². The lowest BCUT2D eigenvalue weighted by Crippen LogP contribution is -2.34. The van der Waals surface area contributed by atoms with E-state index in [0.717, 1.165) is 6.42 Å². The lowest BCUT2D eigenvalue weighted by Gasteiger charge is -2.06. The summed E-state index contributed by atoms with van der Waals surface area (Å²) in [5.41, 5.74) is 1.71. The van der Waals surface area contributed by atoms with Gasteiger partial charge in [0.25, 0.3) is 11.9 Å². The molecule has 0 spiro atoms. The molecule has 1 aromatic carbocycles. The van der Waals surface area contributed by atoms with Crippen molar-refractivity contribution in [1.82, 2.24) is 25.5 Å². The maximum atomic E-state index is 11.9. The summed E-state index contributed by atoms with van der Waals surface area (Å²) in [5, 5.41) is 16.6. The Hall–Kier alpha value is -2.35. The first-order valence-corrected chi connectivity index (χ1v) is 6.44. The van der Waals surface area contributed by atoms with Crippen LogP contribution < -0.4 is 10.6 Å². The molecule has 7 nitrogen and oxygen atoms in total. The van der Waals surface area contributed by atoms with Gasteiger partial charge >= 0.3 is 0 Å². The van der Waals surface area contributed by atoms with Gasteiger partial charge in [-0.15, -0.1) is 5.10 Å². The number of tetrazole rings is 1. The molecule has 2 rings (SSSR count). The normalized spacial score (nSPS) is 10.1. The zero-order valence-electron chi connectivity index (χ0n) is 11.1. The van der Waals surface area contributed by atoms with Crippen molar-refractivity contribution < 1.29 is 4.79 Å². The quantitative estimate of drug-likeness (QED) is 0.817. The van der Waals surface area contributed by atoms with E-state index < -0.39 is 0 Å². The van der Waals surface area contributed by atoms with Crippen LogP contribution in [0.4, 0.5) is 5.95 Å². The van der Waals surface area contributed by atoms with Gasteiger partial charge in [-0.1, -0.05) is 24.2 Å². The molecule has 0 aliphatic heterocycles. The van der Waals surface area contributed by atoms with Crippen LogP contribution in [0.3, 0.4) is 0 Å². The van der Waals surface area contributed by atoms with Crippen LogP contribution in [0.15, 0.2) is 24.3 Å². The molecule has 1 heterocycles. The van der Waals surface area contributed by atoms with Crippen LogP contribution in [0.2, 0.25) is 0 Å². The number of nitrogens with zero attached hydrogens (tertiary/aromatic N) is 4. The Morgan fingerprint density at radius 2 is 2.05 bits per heavy atom. The zero-order chi connectivity index (χ0) is 14.5. The summed E-state index contributed by atoms with van der Waals surface area (Å²) in [5.74, 6) is -0.0480. The summed E-state index contributed by atoms with van der Waals surface area (Å²) in [6, 6.07) is 7.35. The minimum atomic E-state index is -0.283. The van der Waals surface area contributed by atoms with Crippen molar-refractivity contribution in [3.05, 3.63) is 35.4 Å². The number of aromatic nitrogens is 4. The van der Waals surface area contributed by atoms with Crippen molar-refractivity contribution in [2.75, 3.05) is 5.32 Å². The fourth-order valence-corrected chi connectivity index (χ4v) is 1.72. The number of thiocarbonyl (C=S) groups is 1. The second-order valence-corrected chi connectivity index (χ2v) is 4.47.